The van der Waals surface area contributed by atoms with Gasteiger partial charge in [0.25, 0.3) is 0 Å². The zero-order valence-electron chi connectivity index (χ0n) is 12.0. The van der Waals surface area contributed by atoms with Gasteiger partial charge in [0.2, 0.25) is 0 Å². The average molecular weight is 301 g/mol. The van der Waals surface area contributed by atoms with Crippen molar-refractivity contribution in [2.75, 3.05) is 0 Å². The maximum atomic E-state index is 12.2. The summed E-state index contributed by atoms with van der Waals surface area (Å²) in [7, 11) is 0. The van der Waals surface area contributed by atoms with Crippen LogP contribution in [0.25, 0.3) is 0 Å². The third-order valence-corrected chi connectivity index (χ3v) is 5.12. The fraction of sp³-hybridized carbons (Fsp3) is 0.947. The molecule has 0 heterocycles. The van der Waals surface area contributed by atoms with Gasteiger partial charge in [-0.1, -0.05) is 55.4 Å². The summed E-state index contributed by atoms with van der Waals surface area (Å²) in [6.07, 6.45) is 12.2. The van der Waals surface area contributed by atoms with E-state index in [0.29, 0.717) is 5.92 Å². The summed E-state index contributed by atoms with van der Waals surface area (Å²) in [5, 5.41) is 0. The Morgan fingerprint density at radius 2 is 1.57 bits per heavy atom. The minimum absolute atomic E-state index is 0. The number of hydrogen-bond donors (Lipinski definition) is 0. The van der Waals surface area contributed by atoms with Crippen molar-refractivity contribution in [1.82, 2.24) is 0 Å². The zero-order valence-corrected chi connectivity index (χ0v) is 12.0. The summed E-state index contributed by atoms with van der Waals surface area (Å²) in [5.74, 6) is 0.748. The van der Waals surface area contributed by atoms with Crippen LogP contribution in [0.4, 0.5) is 0 Å². The Morgan fingerprint density at radius 1 is 1.05 bits per heavy atom. The van der Waals surface area contributed by atoms with Gasteiger partial charge in [-0.2, -0.15) is 0 Å². The quantitative estimate of drug-likeness (QED) is 0.563. The molecule has 2 aliphatic carbocycles. The topological polar surface area (TPSA) is 26.3 Å². The first-order valence-electron chi connectivity index (χ1n) is 7.91. The summed E-state index contributed by atoms with van der Waals surface area (Å²) in [6.45, 7) is 4.06. The molecule has 0 amide bonds. The van der Waals surface area contributed by atoms with Gasteiger partial charge in [0.15, 0.2) is 0 Å². The molecule has 2 rings (SSSR count). The highest BCUT2D eigenvalue weighted by atomic mass is 16.6. The van der Waals surface area contributed by atoms with Gasteiger partial charge in [-0.3, -0.25) is 4.79 Å². The van der Waals surface area contributed by atoms with Crippen molar-refractivity contribution in [2.24, 2.45) is 11.8 Å². The Morgan fingerprint density at radius 3 is 2.05 bits per heavy atom. The molecule has 21 heavy (non-hydrogen) atoms. The van der Waals surface area contributed by atoms with E-state index >= 15 is 0 Å². The predicted molar refractivity (Wildman–Crippen MR) is 93.5 cm³/mol. The van der Waals surface area contributed by atoms with E-state index in [0.717, 1.165) is 19.3 Å². The van der Waals surface area contributed by atoms with Gasteiger partial charge >= 0.3 is 5.97 Å². The molecule has 2 heteroatoms. The molecule has 0 aromatic rings. The van der Waals surface area contributed by atoms with Crippen LogP contribution < -0.4 is 0 Å². The van der Waals surface area contributed by atoms with Crippen LogP contribution in [0.2, 0.25) is 0 Å². The van der Waals surface area contributed by atoms with Gasteiger partial charge in [0.05, 0.1) is 5.92 Å². The highest BCUT2D eigenvalue weighted by Gasteiger charge is 2.45. The van der Waals surface area contributed by atoms with Crippen molar-refractivity contribution < 1.29 is 9.53 Å². The van der Waals surface area contributed by atoms with Crippen molar-refractivity contribution in [2.45, 2.75) is 106 Å². The fourth-order valence-corrected chi connectivity index (χ4v) is 3.66. The molecule has 2 aliphatic rings. The lowest BCUT2D eigenvalue weighted by molar-refractivity contribution is -0.172. The lowest BCUT2D eigenvalue weighted by Gasteiger charge is -2.40. The van der Waals surface area contributed by atoms with E-state index in [1.807, 2.05) is 6.92 Å². The number of esters is 1. The minimum Gasteiger partial charge on any atom is -0.459 e. The maximum Gasteiger partial charge on any atom is 0.309 e. The molecule has 2 fully saturated rings. The van der Waals surface area contributed by atoms with Crippen LogP contribution in [0.1, 0.15) is 100 Å². The monoisotopic (exact) mass is 300 g/mol. The Bertz CT molecular complexity index is 273. The first kappa shape index (κ1) is 22.7. The molecule has 0 aliphatic heterocycles. The van der Waals surface area contributed by atoms with Crippen LogP contribution in [0, 0.1) is 11.8 Å². The summed E-state index contributed by atoms with van der Waals surface area (Å²) in [6, 6.07) is 0. The minimum atomic E-state index is -0.0824. The van der Waals surface area contributed by atoms with Gasteiger partial charge in [0.1, 0.15) is 5.60 Å². The largest absolute Gasteiger partial charge is 0.459 e. The molecular formula is C19H40O2. The van der Waals surface area contributed by atoms with Crippen molar-refractivity contribution in [3.05, 3.63) is 0 Å². The fourth-order valence-electron chi connectivity index (χ4n) is 3.66. The Hall–Kier alpha value is -0.530. The number of hydrogen-bond acceptors (Lipinski definition) is 2. The highest BCUT2D eigenvalue weighted by molar-refractivity contribution is 5.72. The van der Waals surface area contributed by atoms with Crippen molar-refractivity contribution >= 4 is 5.97 Å². The normalized spacial score (nSPS) is 22.2. The van der Waals surface area contributed by atoms with Crippen LogP contribution in [0.5, 0.6) is 0 Å². The second-order valence-corrected chi connectivity index (χ2v) is 6.34. The van der Waals surface area contributed by atoms with Gasteiger partial charge in [0, 0.05) is 0 Å². The number of rotatable bonds is 4. The summed E-state index contributed by atoms with van der Waals surface area (Å²) in [5.41, 5.74) is -0.0824. The lowest BCUT2D eigenvalue weighted by Crippen LogP contribution is -2.42. The van der Waals surface area contributed by atoms with E-state index in [9.17, 15) is 4.79 Å². The molecule has 2 nitrogen and oxygen atoms in total. The van der Waals surface area contributed by atoms with E-state index in [1.165, 1.54) is 44.9 Å². The number of carbonyl (C=O) groups is 1. The van der Waals surface area contributed by atoms with Crippen LogP contribution in [0.3, 0.4) is 0 Å². The standard InChI is InChI=1S/C16H28O2.3CH4/c1-3-13(2)15(17)18-16(11-7-8-12-16)14-9-5-4-6-10-14;;;/h13-14H,3-12H2,1-2H3;3*1H4. The second-order valence-electron chi connectivity index (χ2n) is 6.34. The molecule has 1 unspecified atom stereocenters. The van der Waals surface area contributed by atoms with Crippen molar-refractivity contribution in [3.8, 4) is 0 Å². The van der Waals surface area contributed by atoms with Gasteiger partial charge in [-0.05, 0) is 50.9 Å². The predicted octanol–water partition coefficient (Wildman–Crippen LogP) is 6.38. The Balaban J connectivity index is 0. The van der Waals surface area contributed by atoms with Crippen LogP contribution in [0.15, 0.2) is 0 Å². The van der Waals surface area contributed by atoms with Crippen molar-refractivity contribution in [3.63, 3.8) is 0 Å². The van der Waals surface area contributed by atoms with Crippen LogP contribution >= 0.6 is 0 Å². The molecule has 0 aromatic carbocycles. The molecular weight excluding hydrogens is 260 g/mol. The molecule has 0 bridgehead atoms. The first-order valence-corrected chi connectivity index (χ1v) is 7.91. The number of carbonyl (C=O) groups excluding carboxylic acids is 1. The van der Waals surface area contributed by atoms with Gasteiger partial charge in [-0.15, -0.1) is 0 Å². The SMILES string of the molecule is C.C.C.CCC(C)C(=O)OC1(C2CCCCC2)CCCC1. The molecule has 0 N–H and O–H groups in total. The lowest BCUT2D eigenvalue weighted by atomic mass is 9.75. The molecule has 0 aromatic heterocycles. The number of ether oxygens (including phenoxy) is 1. The van der Waals surface area contributed by atoms with E-state index in [-0.39, 0.29) is 39.8 Å². The molecule has 1 atom stereocenters. The molecule has 0 radical (unpaired) electrons. The summed E-state index contributed by atoms with van der Waals surface area (Å²) >= 11 is 0. The van der Waals surface area contributed by atoms with E-state index in [1.54, 1.807) is 0 Å². The van der Waals surface area contributed by atoms with E-state index in [4.69, 9.17) is 4.74 Å². The molecule has 0 spiro atoms. The molecule has 2 saturated carbocycles. The summed E-state index contributed by atoms with van der Waals surface area (Å²) in [4.78, 5) is 12.2. The maximum absolute atomic E-state index is 12.2. The third kappa shape index (κ3) is 5.30. The van der Waals surface area contributed by atoms with Crippen LogP contribution in [-0.2, 0) is 9.53 Å². The third-order valence-electron chi connectivity index (χ3n) is 5.12. The van der Waals surface area contributed by atoms with Gasteiger partial charge < -0.3 is 4.74 Å². The second kappa shape index (κ2) is 10.2. The molecule has 0 saturated heterocycles. The van der Waals surface area contributed by atoms with Gasteiger partial charge in [-0.25, -0.2) is 0 Å². The molecule has 128 valence electrons. The van der Waals surface area contributed by atoms with Crippen LogP contribution in [-0.4, -0.2) is 11.6 Å². The Kier molecular flexibility index (Phi) is 11.1. The highest BCUT2D eigenvalue weighted by Crippen LogP contribution is 2.45. The van der Waals surface area contributed by atoms with E-state index < -0.39 is 0 Å². The summed E-state index contributed by atoms with van der Waals surface area (Å²) < 4.78 is 6.05. The first-order chi connectivity index (χ1) is 8.68. The zero-order chi connectivity index (χ0) is 13.0. The van der Waals surface area contributed by atoms with E-state index in [2.05, 4.69) is 6.92 Å². The smallest absolute Gasteiger partial charge is 0.309 e. The Labute approximate surface area is 134 Å². The van der Waals surface area contributed by atoms with Crippen molar-refractivity contribution in [1.29, 1.82) is 0 Å². The average Bonchev–Trinajstić information content (AvgIpc) is 2.88.